The molecule has 0 spiro atoms. The molecule has 3 aromatic rings. The Morgan fingerprint density at radius 2 is 2.14 bits per heavy atom. The van der Waals surface area contributed by atoms with Crippen LogP contribution in [0.2, 0.25) is 5.02 Å². The van der Waals surface area contributed by atoms with E-state index in [1.165, 1.54) is 12.1 Å². The molecule has 0 bridgehead atoms. The van der Waals surface area contributed by atoms with E-state index in [0.29, 0.717) is 41.3 Å². The van der Waals surface area contributed by atoms with Gasteiger partial charge in [-0.05, 0) is 48.7 Å². The Kier molecular flexibility index (Phi) is 6.36. The summed E-state index contributed by atoms with van der Waals surface area (Å²) in [4.78, 5) is 35.7. The molecular formula is C25H23ClFN5O3. The van der Waals surface area contributed by atoms with Gasteiger partial charge in [-0.25, -0.2) is 9.37 Å². The van der Waals surface area contributed by atoms with Gasteiger partial charge >= 0.3 is 0 Å². The monoisotopic (exact) mass is 495 g/mol. The van der Waals surface area contributed by atoms with Gasteiger partial charge in [-0.15, -0.1) is 0 Å². The van der Waals surface area contributed by atoms with E-state index in [1.807, 2.05) is 0 Å². The Labute approximate surface area is 206 Å². The first-order chi connectivity index (χ1) is 16.9. The number of pyridine rings is 2. The van der Waals surface area contributed by atoms with Gasteiger partial charge < -0.3 is 20.6 Å². The van der Waals surface area contributed by atoms with Crippen LogP contribution < -0.4 is 10.6 Å². The number of halogens is 2. The summed E-state index contributed by atoms with van der Waals surface area (Å²) in [5.41, 5.74) is 2.68. The van der Waals surface area contributed by atoms with E-state index in [2.05, 4.69) is 20.6 Å². The van der Waals surface area contributed by atoms with Crippen molar-refractivity contribution in [1.82, 2.24) is 20.2 Å². The van der Waals surface area contributed by atoms with Gasteiger partial charge in [0.15, 0.2) is 0 Å². The number of amides is 2. The first-order valence-electron chi connectivity index (χ1n) is 11.3. The maximum Gasteiger partial charge on any atom is 0.255 e. The molecule has 180 valence electrons. The van der Waals surface area contributed by atoms with Gasteiger partial charge in [0.25, 0.3) is 5.91 Å². The van der Waals surface area contributed by atoms with Crippen molar-refractivity contribution >= 4 is 34.9 Å². The highest BCUT2D eigenvalue weighted by Gasteiger charge is 2.29. The Morgan fingerprint density at radius 3 is 2.89 bits per heavy atom. The van der Waals surface area contributed by atoms with Crippen LogP contribution in [-0.2, 0) is 17.8 Å². The molecule has 1 aromatic carbocycles. The smallest absolute Gasteiger partial charge is 0.255 e. The Morgan fingerprint density at radius 1 is 1.29 bits per heavy atom. The van der Waals surface area contributed by atoms with Crippen LogP contribution in [0.25, 0.3) is 11.3 Å². The number of hydrogen-bond acceptors (Lipinski definition) is 6. The minimum atomic E-state index is -0.509. The maximum absolute atomic E-state index is 14.5. The van der Waals surface area contributed by atoms with Gasteiger partial charge in [0, 0.05) is 18.8 Å². The van der Waals surface area contributed by atoms with Crippen LogP contribution in [0.3, 0.4) is 0 Å². The molecule has 8 nitrogen and oxygen atoms in total. The van der Waals surface area contributed by atoms with Crippen LogP contribution in [0.1, 0.15) is 34.5 Å². The zero-order chi connectivity index (χ0) is 24.5. The van der Waals surface area contributed by atoms with Crippen molar-refractivity contribution in [3.8, 4) is 11.3 Å². The number of aromatic nitrogens is 2. The van der Waals surface area contributed by atoms with Crippen molar-refractivity contribution in [1.29, 1.82) is 0 Å². The molecule has 1 saturated heterocycles. The van der Waals surface area contributed by atoms with E-state index >= 15 is 0 Å². The number of aliphatic hydroxyl groups is 1. The van der Waals surface area contributed by atoms with Crippen molar-refractivity contribution in [3.63, 3.8) is 0 Å². The van der Waals surface area contributed by atoms with Crippen molar-refractivity contribution in [3.05, 3.63) is 70.3 Å². The number of fused-ring (bicyclic) bond motifs is 1. The van der Waals surface area contributed by atoms with Crippen LogP contribution in [0.5, 0.6) is 0 Å². The number of carbonyl (C=O) groups is 2. The summed E-state index contributed by atoms with van der Waals surface area (Å²) in [6.07, 6.45) is 3.38. The quantitative estimate of drug-likeness (QED) is 0.483. The molecule has 0 saturated carbocycles. The third-order valence-corrected chi connectivity index (χ3v) is 6.63. The fraction of sp³-hybridized carbons (Fsp3) is 0.280. The van der Waals surface area contributed by atoms with Gasteiger partial charge in [0.1, 0.15) is 11.6 Å². The normalized spacial score (nSPS) is 16.8. The zero-order valence-corrected chi connectivity index (χ0v) is 19.5. The average molecular weight is 496 g/mol. The van der Waals surface area contributed by atoms with Gasteiger partial charge in [0.2, 0.25) is 5.91 Å². The average Bonchev–Trinajstić information content (AvgIpc) is 3.47. The Balaban J connectivity index is 1.39. The summed E-state index contributed by atoms with van der Waals surface area (Å²) >= 11 is 6.24. The number of anilines is 2. The Bertz CT molecular complexity index is 1280. The van der Waals surface area contributed by atoms with Crippen molar-refractivity contribution in [2.24, 2.45) is 0 Å². The molecule has 0 aliphatic carbocycles. The molecule has 0 radical (unpaired) electrons. The van der Waals surface area contributed by atoms with E-state index < -0.39 is 5.82 Å². The summed E-state index contributed by atoms with van der Waals surface area (Å²) in [6, 6.07) is 9.41. The molecule has 1 atom stereocenters. The number of likely N-dealkylation sites (tertiary alicyclic amines) is 1. The Hall–Kier alpha value is -3.56. The summed E-state index contributed by atoms with van der Waals surface area (Å²) in [5, 5.41) is 15.5. The fourth-order valence-electron chi connectivity index (χ4n) is 4.57. The molecule has 2 amide bonds. The van der Waals surface area contributed by atoms with Crippen LogP contribution in [0.4, 0.5) is 15.9 Å². The highest BCUT2D eigenvalue weighted by atomic mass is 35.5. The van der Waals surface area contributed by atoms with Gasteiger partial charge in [-0.2, -0.15) is 0 Å². The highest BCUT2D eigenvalue weighted by molar-refractivity contribution is 6.33. The summed E-state index contributed by atoms with van der Waals surface area (Å²) in [6.45, 7) is 0.907. The maximum atomic E-state index is 14.5. The van der Waals surface area contributed by atoms with E-state index in [-0.39, 0.29) is 47.3 Å². The predicted molar refractivity (Wildman–Crippen MR) is 129 cm³/mol. The van der Waals surface area contributed by atoms with Crippen LogP contribution in [0.15, 0.2) is 42.6 Å². The molecule has 2 aliphatic heterocycles. The molecule has 1 fully saturated rings. The lowest BCUT2D eigenvalue weighted by atomic mass is 10.1. The first-order valence-corrected chi connectivity index (χ1v) is 11.7. The molecule has 5 rings (SSSR count). The highest BCUT2D eigenvalue weighted by Crippen LogP contribution is 2.34. The fourth-order valence-corrected chi connectivity index (χ4v) is 4.83. The molecule has 4 heterocycles. The number of nitrogens with zero attached hydrogens (tertiary/aromatic N) is 3. The van der Waals surface area contributed by atoms with Crippen molar-refractivity contribution in [2.75, 3.05) is 18.5 Å². The SMILES string of the molecule is O=C1NCc2cc(-c3c(F)cccc3Cl)nc(Nc3ccc(CC(=O)N4CCC[C@H]4CO)nc3)c21. The number of carbonyl (C=O) groups excluding carboxylic acids is 2. The zero-order valence-electron chi connectivity index (χ0n) is 18.7. The van der Waals surface area contributed by atoms with Gasteiger partial charge in [0.05, 0.1) is 52.8 Å². The molecule has 35 heavy (non-hydrogen) atoms. The lowest BCUT2D eigenvalue weighted by Gasteiger charge is -2.22. The first kappa shape index (κ1) is 23.2. The number of aliphatic hydroxyl groups excluding tert-OH is 1. The van der Waals surface area contributed by atoms with Crippen molar-refractivity contribution < 1.29 is 19.1 Å². The summed E-state index contributed by atoms with van der Waals surface area (Å²) < 4.78 is 14.5. The number of rotatable bonds is 6. The van der Waals surface area contributed by atoms with E-state index in [9.17, 15) is 19.1 Å². The molecule has 3 N–H and O–H groups in total. The van der Waals surface area contributed by atoms with E-state index in [1.54, 1.807) is 35.4 Å². The largest absolute Gasteiger partial charge is 0.394 e. The molecule has 2 aromatic heterocycles. The lowest BCUT2D eigenvalue weighted by Crippen LogP contribution is -2.38. The van der Waals surface area contributed by atoms with Gasteiger partial charge in [-0.3, -0.25) is 14.6 Å². The molecule has 0 unspecified atom stereocenters. The molecular weight excluding hydrogens is 473 g/mol. The van der Waals surface area contributed by atoms with Gasteiger partial charge in [-0.1, -0.05) is 17.7 Å². The third-order valence-electron chi connectivity index (χ3n) is 6.31. The molecule has 2 aliphatic rings. The second-order valence-corrected chi connectivity index (χ2v) is 8.98. The summed E-state index contributed by atoms with van der Waals surface area (Å²) in [7, 11) is 0. The number of benzene rings is 1. The predicted octanol–water partition coefficient (Wildman–Crippen LogP) is 3.45. The summed E-state index contributed by atoms with van der Waals surface area (Å²) in [5.74, 6) is -0.591. The number of hydrogen-bond donors (Lipinski definition) is 3. The van der Waals surface area contributed by atoms with Crippen molar-refractivity contribution in [2.45, 2.75) is 31.8 Å². The van der Waals surface area contributed by atoms with E-state index in [0.717, 1.165) is 12.8 Å². The molecule has 10 heteroatoms. The van der Waals surface area contributed by atoms with Crippen LogP contribution >= 0.6 is 11.6 Å². The number of nitrogens with one attached hydrogen (secondary N) is 2. The topological polar surface area (TPSA) is 107 Å². The lowest BCUT2D eigenvalue weighted by molar-refractivity contribution is -0.132. The standard InChI is InChI=1S/C25H23ClFN5O3/c26-18-4-1-5-19(27)23(18)20-9-14-11-29-25(35)22(14)24(31-20)30-16-7-6-15(28-12-16)10-21(34)32-8-2-3-17(32)13-33/h1,4-7,9,12,17,33H,2-3,8,10-11,13H2,(H,29,35)(H,30,31)/t17-/m0/s1. The second-order valence-electron chi connectivity index (χ2n) is 8.58. The minimum absolute atomic E-state index is 0.0376. The van der Waals surface area contributed by atoms with Crippen LogP contribution in [-0.4, -0.2) is 51.0 Å². The minimum Gasteiger partial charge on any atom is -0.394 e. The third kappa shape index (κ3) is 4.56. The second kappa shape index (κ2) is 9.59. The van der Waals surface area contributed by atoms with E-state index in [4.69, 9.17) is 11.6 Å². The van der Waals surface area contributed by atoms with Crippen LogP contribution in [0, 0.1) is 5.82 Å².